The molecular weight excluding hydrogens is 907 g/mol. The highest BCUT2D eigenvalue weighted by Crippen LogP contribution is 2.82. The number of ketones is 1. The number of nitrogens with one attached hydrogen (secondary N) is 1. The minimum atomic E-state index is -1.81. The van der Waals surface area contributed by atoms with Crippen molar-refractivity contribution in [2.45, 2.75) is 172 Å². The van der Waals surface area contributed by atoms with Gasteiger partial charge in [0.25, 0.3) is 0 Å². The van der Waals surface area contributed by atoms with Crippen LogP contribution >= 0.6 is 0 Å². The molecule has 9 N–H and O–H groups in total. The average molecular weight is 988 g/mol. The van der Waals surface area contributed by atoms with E-state index in [9.17, 15) is 40.9 Å². The zero-order chi connectivity index (χ0) is 50.9. The minimum Gasteiger partial charge on any atom is -0.508 e. The molecule has 20 atom stereocenters. The Morgan fingerprint density at radius 2 is 1.67 bits per heavy atom. The number of phenolic OH excluding ortho intramolecular Hbond substituents is 2. The minimum absolute atomic E-state index is 0.0654. The zero-order valence-electron chi connectivity index (χ0n) is 43.4. The van der Waals surface area contributed by atoms with Gasteiger partial charge in [-0.05, 0) is 143 Å². The molecule has 72 heavy (non-hydrogen) atoms. The van der Waals surface area contributed by atoms with E-state index >= 15 is 4.79 Å². The van der Waals surface area contributed by atoms with Gasteiger partial charge in [-0.2, -0.15) is 0 Å². The third-order valence-corrected chi connectivity index (χ3v) is 23.2. The molecule has 11 heteroatoms. The zero-order valence-corrected chi connectivity index (χ0v) is 43.4. The number of hydrogen-bond acceptors (Lipinski definition) is 11. The molecule has 1 heterocycles. The van der Waals surface area contributed by atoms with Crippen molar-refractivity contribution >= 4 is 17.9 Å². The van der Waals surface area contributed by atoms with Gasteiger partial charge in [-0.1, -0.05) is 109 Å². The monoisotopic (exact) mass is 988 g/mol. The van der Waals surface area contributed by atoms with Crippen LogP contribution in [-0.2, 0) is 16.0 Å². The van der Waals surface area contributed by atoms with Gasteiger partial charge in [-0.3, -0.25) is 4.79 Å². The van der Waals surface area contributed by atoms with Crippen LogP contribution in [0, 0.1) is 69.0 Å². The molecule has 2 bridgehead atoms. The van der Waals surface area contributed by atoms with Gasteiger partial charge in [0, 0.05) is 61.1 Å². The highest BCUT2D eigenvalue weighted by atomic mass is 16.6. The molecule has 6 fully saturated rings. The summed E-state index contributed by atoms with van der Waals surface area (Å²) in [4.78, 5) is 15.9. The number of phenols is 2. The SMILES string of the molecule is CCCCC[C@H]1C[C@]2(C[C@]3(C)[C@@H]4[C@H](C[C@@]3(O)C3=CC(=O)[C@@H]5[C@H]6c7cc(O)cc(O)c7CC[C@]6(O)[C@@H](O)C[C@]5(C)[C@H]32)O[C@]2([C@H]3CC[C@](C)(C=C3CNCC)[C@H](C)[C@@H]2O)[C@@]4(O)CCO)[C@@H]2C=c3ccccc3=C[C@H]12. The normalized spacial score (nSPS) is 49.0. The van der Waals surface area contributed by atoms with Gasteiger partial charge in [0.2, 0.25) is 0 Å². The van der Waals surface area contributed by atoms with Crippen LogP contribution in [0.15, 0.2) is 59.7 Å². The summed E-state index contributed by atoms with van der Waals surface area (Å²) in [5, 5.41) is 107. The van der Waals surface area contributed by atoms with E-state index in [0.717, 1.165) is 55.9 Å². The second kappa shape index (κ2) is 16.3. The Balaban J connectivity index is 1.10. The van der Waals surface area contributed by atoms with Crippen molar-refractivity contribution in [1.82, 2.24) is 5.32 Å². The van der Waals surface area contributed by atoms with E-state index in [1.807, 2.05) is 0 Å². The number of aliphatic hydroxyl groups excluding tert-OH is 3. The largest absolute Gasteiger partial charge is 0.508 e. The van der Waals surface area contributed by atoms with Crippen molar-refractivity contribution in [2.24, 2.45) is 69.0 Å². The first-order chi connectivity index (χ1) is 34.2. The van der Waals surface area contributed by atoms with Gasteiger partial charge >= 0.3 is 0 Å². The summed E-state index contributed by atoms with van der Waals surface area (Å²) in [6.07, 6.45) is 13.3. The van der Waals surface area contributed by atoms with E-state index in [1.165, 1.54) is 11.3 Å². The third kappa shape index (κ3) is 6.06. The molecular formula is C61H81NO10. The van der Waals surface area contributed by atoms with E-state index in [2.05, 4.69) is 89.4 Å². The van der Waals surface area contributed by atoms with E-state index in [-0.39, 0.29) is 91.0 Å². The first kappa shape index (κ1) is 49.5. The molecule has 0 aromatic heterocycles. The molecule has 2 aromatic rings. The van der Waals surface area contributed by atoms with Gasteiger partial charge < -0.3 is 50.9 Å². The number of ether oxygens (including phenoxy) is 1. The molecule has 390 valence electrons. The molecule has 10 aliphatic carbocycles. The van der Waals surface area contributed by atoms with Crippen LogP contribution in [0.3, 0.4) is 0 Å². The predicted molar refractivity (Wildman–Crippen MR) is 274 cm³/mol. The average Bonchev–Trinajstić information content (AvgIpc) is 3.82. The Hall–Kier alpha value is -3.39. The van der Waals surface area contributed by atoms with Crippen molar-refractivity contribution in [3.8, 4) is 11.5 Å². The number of aliphatic hydroxyl groups is 6. The number of unbranched alkanes of at least 4 members (excludes halogenated alkanes) is 2. The number of carbonyl (C=O) groups excluding carboxylic acids is 1. The fourth-order valence-corrected chi connectivity index (χ4v) is 20.4. The lowest BCUT2D eigenvalue weighted by Gasteiger charge is -2.70. The van der Waals surface area contributed by atoms with Crippen LogP contribution < -0.4 is 15.8 Å². The highest BCUT2D eigenvalue weighted by Gasteiger charge is 2.85. The molecule has 1 aliphatic heterocycles. The summed E-state index contributed by atoms with van der Waals surface area (Å²) in [5.74, 6) is -4.04. The summed E-state index contributed by atoms with van der Waals surface area (Å²) in [5.41, 5.74) is -7.23. The number of aromatic hydroxyl groups is 2. The highest BCUT2D eigenvalue weighted by molar-refractivity contribution is 5.96. The number of benzene rings is 2. The van der Waals surface area contributed by atoms with Crippen molar-refractivity contribution in [3.63, 3.8) is 0 Å². The van der Waals surface area contributed by atoms with Crippen molar-refractivity contribution in [3.05, 3.63) is 81.3 Å². The second-order valence-corrected chi connectivity index (χ2v) is 26.2. The van der Waals surface area contributed by atoms with Crippen LogP contribution in [0.5, 0.6) is 11.5 Å². The summed E-state index contributed by atoms with van der Waals surface area (Å²) in [6.45, 7) is 13.8. The van der Waals surface area contributed by atoms with Gasteiger partial charge in [-0.25, -0.2) is 0 Å². The Labute approximate surface area is 425 Å². The molecule has 11 nitrogen and oxygen atoms in total. The summed E-state index contributed by atoms with van der Waals surface area (Å²) in [7, 11) is 0. The van der Waals surface area contributed by atoms with E-state index < -0.39 is 80.6 Å². The lowest BCUT2D eigenvalue weighted by Crippen LogP contribution is -2.73. The van der Waals surface area contributed by atoms with E-state index in [4.69, 9.17) is 4.74 Å². The Kier molecular flexibility index (Phi) is 11.2. The fourth-order valence-electron chi connectivity index (χ4n) is 20.4. The first-order valence-electron chi connectivity index (χ1n) is 28.0. The molecule has 1 saturated heterocycles. The number of rotatable bonds is 9. The summed E-state index contributed by atoms with van der Waals surface area (Å²) in [6, 6.07) is 11.4. The molecule has 11 aliphatic rings. The van der Waals surface area contributed by atoms with Crippen LogP contribution in [0.25, 0.3) is 12.2 Å². The number of fused-ring (bicyclic) bond motifs is 17. The predicted octanol–water partition coefficient (Wildman–Crippen LogP) is 5.84. The van der Waals surface area contributed by atoms with Gasteiger partial charge in [0.1, 0.15) is 22.7 Å². The Bertz CT molecular complexity index is 2770. The lowest BCUT2D eigenvalue weighted by molar-refractivity contribution is -0.255. The maximum Gasteiger partial charge on any atom is 0.160 e. The Morgan fingerprint density at radius 3 is 2.39 bits per heavy atom. The molecule has 0 unspecified atom stereocenters. The third-order valence-electron chi connectivity index (χ3n) is 23.2. The summed E-state index contributed by atoms with van der Waals surface area (Å²) >= 11 is 0. The van der Waals surface area contributed by atoms with E-state index in [0.29, 0.717) is 36.1 Å². The quantitative estimate of drug-likeness (QED) is 0.108. The van der Waals surface area contributed by atoms with Crippen LogP contribution in [0.1, 0.15) is 136 Å². The van der Waals surface area contributed by atoms with Crippen LogP contribution in [0.2, 0.25) is 0 Å². The second-order valence-electron chi connectivity index (χ2n) is 26.2. The van der Waals surface area contributed by atoms with Gasteiger partial charge in [0.05, 0.1) is 29.5 Å². The number of hydrogen-bond donors (Lipinski definition) is 9. The first-order valence-corrected chi connectivity index (χ1v) is 28.0. The summed E-state index contributed by atoms with van der Waals surface area (Å²) < 4.78 is 7.66. The Morgan fingerprint density at radius 1 is 0.917 bits per heavy atom. The molecule has 5 saturated carbocycles. The maximum atomic E-state index is 15.9. The van der Waals surface area contributed by atoms with Crippen molar-refractivity contribution in [1.29, 1.82) is 0 Å². The molecule has 2 aromatic carbocycles. The molecule has 2 spiro atoms. The lowest BCUT2D eigenvalue weighted by atomic mass is 9.35. The van der Waals surface area contributed by atoms with Crippen LogP contribution in [0.4, 0.5) is 0 Å². The molecule has 13 rings (SSSR count). The van der Waals surface area contributed by atoms with Crippen LogP contribution in [-0.4, -0.2) is 107 Å². The van der Waals surface area contributed by atoms with Crippen molar-refractivity contribution < 1.29 is 50.4 Å². The molecule has 0 radical (unpaired) electrons. The number of allylic oxidation sites excluding steroid dienone is 2. The fraction of sp³-hybridized carbons (Fsp3) is 0.689. The van der Waals surface area contributed by atoms with Crippen molar-refractivity contribution in [2.75, 3.05) is 19.7 Å². The standard InChI is InChI=1S/C61H81NO10/c1-7-9-10-15-36-28-57(43-23-35-14-12-11-13-34(35)22-40(36)43)32-56(6)52-47(72-61(59(52,70)20-21-63)42-17-18-54(4,33(3)53(61)68)27-37(42)31-62-8-2)29-60(56,71)44-26-46(66)50-49-41-24-38(64)25-45(65)39(41)16-19-58(49,69)48(67)30-55(50,5)51(44)57/h11-14,22-27,33,36,40,42-43,47-53,62-65,67-71H,7-10,15-21,28-32H2,1-6H3/t33-,36+,40-,42+,43-,47+,48+,49-,50-,51+,52+,53+,54-,55+,56-,57+,58+,59-,60-,61+/m1/s1. The number of likely N-dealkylation sites (N-methyl/N-ethyl adjacent to an activating group) is 1. The topological polar surface area (TPSA) is 200 Å². The maximum absolute atomic E-state index is 15.9. The number of carbonyl (C=O) groups is 1. The van der Waals surface area contributed by atoms with Gasteiger partial charge in [0.15, 0.2) is 5.78 Å². The van der Waals surface area contributed by atoms with Gasteiger partial charge in [-0.15, -0.1) is 0 Å². The molecule has 0 amide bonds. The van der Waals surface area contributed by atoms with E-state index in [1.54, 1.807) is 12.1 Å². The smallest absolute Gasteiger partial charge is 0.160 e.